The monoisotopic (exact) mass is 441 g/mol. The fourth-order valence-electron chi connectivity index (χ4n) is 3.17. The topological polar surface area (TPSA) is 74.3 Å². The molecule has 0 saturated heterocycles. The molecule has 4 rings (SSSR count). The Morgan fingerprint density at radius 1 is 1.13 bits per heavy atom. The van der Waals surface area contributed by atoms with Crippen molar-refractivity contribution in [2.24, 2.45) is 0 Å². The maximum Gasteiger partial charge on any atom is 0.258 e. The molecule has 0 atom stereocenters. The Hall–Kier alpha value is -2.68. The summed E-state index contributed by atoms with van der Waals surface area (Å²) in [5.41, 5.74) is 3.03. The number of halogens is 1. The molecule has 154 valence electrons. The molecule has 9 heteroatoms. The highest BCUT2D eigenvalue weighted by molar-refractivity contribution is 7.98. The Bertz CT molecular complexity index is 1240. The molecule has 3 aromatic heterocycles. The van der Waals surface area contributed by atoms with Crippen LogP contribution in [0.25, 0.3) is 17.0 Å². The Morgan fingerprint density at radius 3 is 2.70 bits per heavy atom. The van der Waals surface area contributed by atoms with Crippen LogP contribution in [-0.2, 0) is 17.0 Å². The molecule has 0 amide bonds. The second-order valence-corrected chi connectivity index (χ2v) is 8.07. The van der Waals surface area contributed by atoms with Gasteiger partial charge in [0.1, 0.15) is 5.65 Å². The molecule has 0 N–H and O–H groups in total. The third-order valence-corrected chi connectivity index (χ3v) is 5.87. The Kier molecular flexibility index (Phi) is 6.17. The lowest BCUT2D eigenvalue weighted by molar-refractivity contribution is 0.185. The molecule has 0 unspecified atom stereocenters. The molecule has 0 aliphatic heterocycles. The number of methoxy groups -OCH3 is 1. The second-order valence-electron chi connectivity index (χ2n) is 6.69. The minimum Gasteiger partial charge on any atom is -0.383 e. The highest BCUT2D eigenvalue weighted by Gasteiger charge is 2.15. The third-order valence-electron chi connectivity index (χ3n) is 4.62. The van der Waals surface area contributed by atoms with Gasteiger partial charge in [-0.15, -0.1) is 10.2 Å². The van der Waals surface area contributed by atoms with E-state index >= 15 is 0 Å². The minimum absolute atomic E-state index is 0.0867. The summed E-state index contributed by atoms with van der Waals surface area (Å²) < 4.78 is 8.87. The smallest absolute Gasteiger partial charge is 0.258 e. The van der Waals surface area contributed by atoms with E-state index in [1.54, 1.807) is 17.6 Å². The van der Waals surface area contributed by atoms with Gasteiger partial charge >= 0.3 is 0 Å². The number of nitrogens with zero attached hydrogens (tertiary/aromatic N) is 5. The maximum atomic E-state index is 12.5. The van der Waals surface area contributed by atoms with E-state index in [4.69, 9.17) is 16.3 Å². The lowest BCUT2D eigenvalue weighted by Gasteiger charge is -2.10. The summed E-state index contributed by atoms with van der Waals surface area (Å²) in [6, 6.07) is 14.7. The van der Waals surface area contributed by atoms with Gasteiger partial charge in [-0.3, -0.25) is 13.8 Å². The van der Waals surface area contributed by atoms with Crippen LogP contribution in [-0.4, -0.2) is 37.9 Å². The molecule has 0 aliphatic carbocycles. The van der Waals surface area contributed by atoms with Gasteiger partial charge in [0.25, 0.3) is 5.56 Å². The standard InChI is InChI=1S/C21H20ClN5O2S/c1-14-4-3-5-18-23-17(12-19(28)27(14)18)13-30-21-25-24-20(26(21)10-11-29-2)15-6-8-16(22)9-7-15/h3-9,12H,10-11,13H2,1-2H3. The van der Waals surface area contributed by atoms with Crippen molar-refractivity contribution < 1.29 is 4.74 Å². The molecule has 3 heterocycles. The van der Waals surface area contributed by atoms with Gasteiger partial charge in [-0.25, -0.2) is 4.98 Å². The molecule has 7 nitrogen and oxygen atoms in total. The number of benzene rings is 1. The molecule has 0 spiro atoms. The number of rotatable bonds is 7. The quantitative estimate of drug-likeness (QED) is 0.405. The zero-order chi connectivity index (χ0) is 21.1. The van der Waals surface area contributed by atoms with Crippen molar-refractivity contribution in [3.63, 3.8) is 0 Å². The second kappa shape index (κ2) is 8.99. The van der Waals surface area contributed by atoms with Crippen LogP contribution in [0.1, 0.15) is 11.4 Å². The van der Waals surface area contributed by atoms with Crippen LogP contribution in [0.4, 0.5) is 0 Å². The summed E-state index contributed by atoms with van der Waals surface area (Å²) in [4.78, 5) is 17.1. The number of aryl methyl sites for hydroxylation is 1. The lowest BCUT2D eigenvalue weighted by atomic mass is 10.2. The van der Waals surface area contributed by atoms with Crippen LogP contribution in [0, 0.1) is 6.92 Å². The van der Waals surface area contributed by atoms with Crippen LogP contribution in [0.3, 0.4) is 0 Å². The first-order valence-electron chi connectivity index (χ1n) is 9.36. The van der Waals surface area contributed by atoms with Crippen LogP contribution in [0.2, 0.25) is 5.02 Å². The number of ether oxygens (including phenoxy) is 1. The Balaban J connectivity index is 1.62. The van der Waals surface area contributed by atoms with Crippen LogP contribution in [0.5, 0.6) is 0 Å². The molecular formula is C21H20ClN5O2S. The van der Waals surface area contributed by atoms with Gasteiger partial charge in [0.15, 0.2) is 11.0 Å². The first-order chi connectivity index (χ1) is 14.6. The molecule has 0 bridgehead atoms. The molecule has 0 fully saturated rings. The summed E-state index contributed by atoms with van der Waals surface area (Å²) in [5, 5.41) is 10.1. The number of hydrogen-bond acceptors (Lipinski definition) is 6. The van der Waals surface area contributed by atoms with Crippen molar-refractivity contribution >= 4 is 29.0 Å². The van der Waals surface area contributed by atoms with Crippen molar-refractivity contribution in [2.75, 3.05) is 13.7 Å². The molecule has 0 saturated carbocycles. The summed E-state index contributed by atoms with van der Waals surface area (Å²) in [5.74, 6) is 1.25. The molecular weight excluding hydrogens is 422 g/mol. The average molecular weight is 442 g/mol. The van der Waals surface area contributed by atoms with E-state index in [1.165, 1.54) is 11.8 Å². The highest BCUT2D eigenvalue weighted by Crippen LogP contribution is 2.26. The van der Waals surface area contributed by atoms with E-state index in [2.05, 4.69) is 15.2 Å². The first kappa shape index (κ1) is 20.6. The van der Waals surface area contributed by atoms with Crippen molar-refractivity contribution in [3.8, 4) is 11.4 Å². The van der Waals surface area contributed by atoms with E-state index in [-0.39, 0.29) is 5.56 Å². The molecule has 0 radical (unpaired) electrons. The highest BCUT2D eigenvalue weighted by atomic mass is 35.5. The van der Waals surface area contributed by atoms with E-state index < -0.39 is 0 Å². The number of fused-ring (bicyclic) bond motifs is 1. The number of pyridine rings is 1. The SMILES string of the molecule is COCCn1c(SCc2cc(=O)n3c(C)cccc3n2)nnc1-c1ccc(Cl)cc1. The van der Waals surface area contributed by atoms with Crippen molar-refractivity contribution in [2.45, 2.75) is 24.4 Å². The lowest BCUT2D eigenvalue weighted by Crippen LogP contribution is -2.17. The van der Waals surface area contributed by atoms with Crippen molar-refractivity contribution in [1.29, 1.82) is 0 Å². The van der Waals surface area contributed by atoms with Gasteiger partial charge in [-0.2, -0.15) is 0 Å². The van der Waals surface area contributed by atoms with E-state index in [9.17, 15) is 4.79 Å². The maximum absolute atomic E-state index is 12.5. The zero-order valence-electron chi connectivity index (χ0n) is 16.6. The third kappa shape index (κ3) is 4.26. The first-order valence-corrected chi connectivity index (χ1v) is 10.7. The van der Waals surface area contributed by atoms with E-state index in [0.717, 1.165) is 22.2 Å². The van der Waals surface area contributed by atoms with Gasteiger partial charge in [0.05, 0.1) is 18.8 Å². The molecule has 1 aromatic carbocycles. The van der Waals surface area contributed by atoms with Gasteiger partial charge in [0.2, 0.25) is 0 Å². The number of hydrogen-bond donors (Lipinski definition) is 0. The summed E-state index contributed by atoms with van der Waals surface area (Å²) in [6.45, 7) is 3.03. The minimum atomic E-state index is -0.0867. The predicted molar refractivity (Wildman–Crippen MR) is 118 cm³/mol. The largest absolute Gasteiger partial charge is 0.383 e. The van der Waals surface area contributed by atoms with Gasteiger partial charge in [-0.1, -0.05) is 29.4 Å². The van der Waals surface area contributed by atoms with Gasteiger partial charge in [-0.05, 0) is 43.3 Å². The molecule has 4 aromatic rings. The number of thioether (sulfide) groups is 1. The fourth-order valence-corrected chi connectivity index (χ4v) is 4.15. The van der Waals surface area contributed by atoms with Crippen LogP contribution >= 0.6 is 23.4 Å². The fraction of sp³-hybridized carbons (Fsp3) is 0.238. The zero-order valence-corrected chi connectivity index (χ0v) is 18.2. The molecule has 30 heavy (non-hydrogen) atoms. The van der Waals surface area contributed by atoms with Gasteiger partial charge < -0.3 is 4.74 Å². The van der Waals surface area contributed by atoms with Gasteiger partial charge in [0, 0.05) is 35.2 Å². The van der Waals surface area contributed by atoms with Crippen molar-refractivity contribution in [3.05, 3.63) is 75.3 Å². The van der Waals surface area contributed by atoms with E-state index in [1.807, 2.05) is 54.0 Å². The van der Waals surface area contributed by atoms with Crippen LogP contribution < -0.4 is 5.56 Å². The predicted octanol–water partition coefficient (Wildman–Crippen LogP) is 3.85. The summed E-state index contributed by atoms with van der Waals surface area (Å²) in [6.07, 6.45) is 0. The Morgan fingerprint density at radius 2 is 1.93 bits per heavy atom. The van der Waals surface area contributed by atoms with Crippen LogP contribution in [0.15, 0.2) is 58.5 Å². The molecule has 0 aliphatic rings. The van der Waals surface area contributed by atoms with Crippen molar-refractivity contribution in [1.82, 2.24) is 24.1 Å². The summed E-state index contributed by atoms with van der Waals surface area (Å²) in [7, 11) is 1.66. The Labute approximate surface area is 182 Å². The average Bonchev–Trinajstić information content (AvgIpc) is 3.13. The summed E-state index contributed by atoms with van der Waals surface area (Å²) >= 11 is 7.50. The normalized spacial score (nSPS) is 11.3. The van der Waals surface area contributed by atoms with E-state index in [0.29, 0.717) is 35.3 Å². The number of aromatic nitrogens is 5.